The number of fused-ring (bicyclic) bond motifs is 1. The summed E-state index contributed by atoms with van der Waals surface area (Å²) in [5, 5.41) is 2.61. The Hall–Kier alpha value is -2.25. The molecule has 0 saturated carbocycles. The Labute approximate surface area is 160 Å². The van der Waals surface area contributed by atoms with Gasteiger partial charge in [0.15, 0.2) is 0 Å². The SMILES string of the molecule is CNC(=O)C(CCC=O)N1Cc2cc(CN3CCN(C)CC3)ccc2C1=O. The Morgan fingerprint density at radius 3 is 2.67 bits per heavy atom. The molecule has 1 fully saturated rings. The third kappa shape index (κ3) is 4.36. The number of aldehydes is 1. The van der Waals surface area contributed by atoms with E-state index >= 15 is 0 Å². The van der Waals surface area contributed by atoms with E-state index in [1.54, 1.807) is 11.9 Å². The molecule has 2 amide bonds. The fourth-order valence-corrected chi connectivity index (χ4v) is 3.83. The van der Waals surface area contributed by atoms with Crippen LogP contribution in [0.25, 0.3) is 0 Å². The third-order valence-electron chi connectivity index (χ3n) is 5.49. The average Bonchev–Trinajstić information content (AvgIpc) is 2.99. The van der Waals surface area contributed by atoms with Crippen molar-refractivity contribution in [3.8, 4) is 0 Å². The molecule has 27 heavy (non-hydrogen) atoms. The molecule has 7 heteroatoms. The Kier molecular flexibility index (Phi) is 6.23. The highest BCUT2D eigenvalue weighted by Gasteiger charge is 2.35. The summed E-state index contributed by atoms with van der Waals surface area (Å²) < 4.78 is 0. The van der Waals surface area contributed by atoms with Crippen molar-refractivity contribution in [2.75, 3.05) is 40.3 Å². The van der Waals surface area contributed by atoms with E-state index in [1.165, 1.54) is 5.56 Å². The quantitative estimate of drug-likeness (QED) is 0.705. The van der Waals surface area contributed by atoms with Crippen LogP contribution in [-0.4, -0.2) is 79.1 Å². The fraction of sp³-hybridized carbons (Fsp3) is 0.550. The molecule has 2 aliphatic heterocycles. The van der Waals surface area contributed by atoms with Gasteiger partial charge in [0, 0.05) is 58.3 Å². The maximum Gasteiger partial charge on any atom is 0.255 e. The Morgan fingerprint density at radius 2 is 2.00 bits per heavy atom. The van der Waals surface area contributed by atoms with Crippen LogP contribution in [0.5, 0.6) is 0 Å². The lowest BCUT2D eigenvalue weighted by molar-refractivity contribution is -0.125. The minimum absolute atomic E-state index is 0.129. The number of nitrogens with zero attached hydrogens (tertiary/aromatic N) is 3. The summed E-state index contributed by atoms with van der Waals surface area (Å²) in [6.45, 7) is 5.52. The van der Waals surface area contributed by atoms with E-state index in [4.69, 9.17) is 0 Å². The van der Waals surface area contributed by atoms with Crippen molar-refractivity contribution in [2.45, 2.75) is 32.0 Å². The number of hydrogen-bond donors (Lipinski definition) is 1. The summed E-state index contributed by atoms with van der Waals surface area (Å²) >= 11 is 0. The van der Waals surface area contributed by atoms with E-state index in [2.05, 4.69) is 28.2 Å². The van der Waals surface area contributed by atoms with Gasteiger partial charge in [-0.1, -0.05) is 12.1 Å². The summed E-state index contributed by atoms with van der Waals surface area (Å²) in [6, 6.07) is 5.37. The maximum atomic E-state index is 12.8. The maximum absolute atomic E-state index is 12.8. The van der Waals surface area contributed by atoms with E-state index < -0.39 is 6.04 Å². The molecule has 7 nitrogen and oxygen atoms in total. The predicted molar refractivity (Wildman–Crippen MR) is 102 cm³/mol. The molecule has 146 valence electrons. The molecule has 0 aliphatic carbocycles. The van der Waals surface area contributed by atoms with Crippen molar-refractivity contribution in [2.24, 2.45) is 0 Å². The normalized spacial score (nSPS) is 19.0. The van der Waals surface area contributed by atoms with Crippen LogP contribution in [0.1, 0.15) is 34.3 Å². The standard InChI is InChI=1S/C20H28N4O3/c1-21-19(26)18(4-3-11-25)24-14-16-12-15(5-6-17(16)20(24)27)13-23-9-7-22(2)8-10-23/h5-6,11-12,18H,3-4,7-10,13-14H2,1-2H3,(H,21,26). The zero-order valence-corrected chi connectivity index (χ0v) is 16.1. The number of piperazine rings is 1. The highest BCUT2D eigenvalue weighted by atomic mass is 16.2. The van der Waals surface area contributed by atoms with Gasteiger partial charge in [-0.05, 0) is 30.7 Å². The van der Waals surface area contributed by atoms with Crippen LogP contribution in [0.4, 0.5) is 0 Å². The third-order valence-corrected chi connectivity index (χ3v) is 5.49. The first kappa shape index (κ1) is 19.5. The van der Waals surface area contributed by atoms with Crippen LogP contribution >= 0.6 is 0 Å². The second kappa shape index (κ2) is 8.63. The number of amides is 2. The topological polar surface area (TPSA) is 73.0 Å². The molecule has 2 heterocycles. The smallest absolute Gasteiger partial charge is 0.255 e. The van der Waals surface area contributed by atoms with E-state index in [0.717, 1.165) is 44.6 Å². The molecule has 1 aromatic carbocycles. The first-order valence-electron chi connectivity index (χ1n) is 9.52. The van der Waals surface area contributed by atoms with Crippen molar-refractivity contribution in [1.29, 1.82) is 0 Å². The van der Waals surface area contributed by atoms with Crippen molar-refractivity contribution in [3.05, 3.63) is 34.9 Å². The first-order chi connectivity index (χ1) is 13.0. The number of nitrogens with one attached hydrogen (secondary N) is 1. The number of hydrogen-bond acceptors (Lipinski definition) is 5. The van der Waals surface area contributed by atoms with Crippen molar-refractivity contribution >= 4 is 18.1 Å². The number of benzene rings is 1. The van der Waals surface area contributed by atoms with Gasteiger partial charge in [-0.2, -0.15) is 0 Å². The van der Waals surface area contributed by atoms with Crippen LogP contribution in [0.3, 0.4) is 0 Å². The van der Waals surface area contributed by atoms with E-state index in [-0.39, 0.29) is 18.2 Å². The van der Waals surface area contributed by atoms with E-state index in [0.29, 0.717) is 18.5 Å². The second-order valence-corrected chi connectivity index (χ2v) is 7.38. The Bertz CT molecular complexity index is 713. The van der Waals surface area contributed by atoms with Crippen LogP contribution in [0.15, 0.2) is 18.2 Å². The summed E-state index contributed by atoms with van der Waals surface area (Å²) in [7, 11) is 3.69. The van der Waals surface area contributed by atoms with Gasteiger partial charge in [0.25, 0.3) is 5.91 Å². The van der Waals surface area contributed by atoms with Gasteiger partial charge < -0.3 is 19.9 Å². The summed E-state index contributed by atoms with van der Waals surface area (Å²) in [4.78, 5) is 42.1. The summed E-state index contributed by atoms with van der Waals surface area (Å²) in [6.07, 6.45) is 1.39. The fourth-order valence-electron chi connectivity index (χ4n) is 3.83. The lowest BCUT2D eigenvalue weighted by atomic mass is 10.1. The lowest BCUT2D eigenvalue weighted by Gasteiger charge is -2.32. The highest BCUT2D eigenvalue weighted by molar-refractivity contribution is 6.01. The number of rotatable bonds is 7. The molecule has 0 radical (unpaired) electrons. The van der Waals surface area contributed by atoms with Crippen LogP contribution < -0.4 is 5.32 Å². The lowest BCUT2D eigenvalue weighted by Crippen LogP contribution is -2.46. The molecule has 1 unspecified atom stereocenters. The zero-order chi connectivity index (χ0) is 19.4. The molecule has 0 spiro atoms. The number of likely N-dealkylation sites (N-methyl/N-ethyl adjacent to an activating group) is 2. The number of carbonyl (C=O) groups is 3. The van der Waals surface area contributed by atoms with Gasteiger partial charge in [0.05, 0.1) is 0 Å². The van der Waals surface area contributed by atoms with Crippen LogP contribution in [-0.2, 0) is 22.7 Å². The summed E-state index contributed by atoms with van der Waals surface area (Å²) in [5.74, 6) is -0.355. The van der Waals surface area contributed by atoms with Crippen molar-refractivity contribution < 1.29 is 14.4 Å². The molecule has 1 atom stereocenters. The van der Waals surface area contributed by atoms with Gasteiger partial charge in [-0.25, -0.2) is 0 Å². The van der Waals surface area contributed by atoms with Crippen LogP contribution in [0, 0.1) is 0 Å². The molecule has 0 aromatic heterocycles. The zero-order valence-electron chi connectivity index (χ0n) is 16.1. The largest absolute Gasteiger partial charge is 0.357 e. The molecule has 1 saturated heterocycles. The van der Waals surface area contributed by atoms with Crippen molar-refractivity contribution in [1.82, 2.24) is 20.0 Å². The highest BCUT2D eigenvalue weighted by Crippen LogP contribution is 2.27. The molecular formula is C20H28N4O3. The predicted octanol–water partition coefficient (Wildman–Crippen LogP) is 0.484. The minimum Gasteiger partial charge on any atom is -0.357 e. The van der Waals surface area contributed by atoms with Gasteiger partial charge in [-0.3, -0.25) is 14.5 Å². The van der Waals surface area contributed by atoms with E-state index in [9.17, 15) is 14.4 Å². The Balaban J connectivity index is 1.72. The first-order valence-corrected chi connectivity index (χ1v) is 9.52. The Morgan fingerprint density at radius 1 is 1.26 bits per heavy atom. The average molecular weight is 372 g/mol. The van der Waals surface area contributed by atoms with Gasteiger partial charge in [0.2, 0.25) is 5.91 Å². The monoisotopic (exact) mass is 372 g/mol. The molecular weight excluding hydrogens is 344 g/mol. The van der Waals surface area contributed by atoms with Crippen molar-refractivity contribution in [3.63, 3.8) is 0 Å². The number of carbonyl (C=O) groups excluding carboxylic acids is 3. The molecule has 0 bridgehead atoms. The van der Waals surface area contributed by atoms with Gasteiger partial charge >= 0.3 is 0 Å². The molecule has 1 aromatic rings. The molecule has 1 N–H and O–H groups in total. The molecule has 3 rings (SSSR count). The minimum atomic E-state index is -0.610. The molecule has 2 aliphatic rings. The second-order valence-electron chi connectivity index (χ2n) is 7.38. The van der Waals surface area contributed by atoms with E-state index in [1.807, 2.05) is 12.1 Å². The summed E-state index contributed by atoms with van der Waals surface area (Å²) in [5.41, 5.74) is 2.82. The van der Waals surface area contributed by atoms with Gasteiger partial charge in [-0.15, -0.1) is 0 Å². The van der Waals surface area contributed by atoms with Gasteiger partial charge in [0.1, 0.15) is 12.3 Å². The van der Waals surface area contributed by atoms with Crippen LogP contribution in [0.2, 0.25) is 0 Å².